The van der Waals surface area contributed by atoms with Gasteiger partial charge in [-0.2, -0.15) is 0 Å². The van der Waals surface area contributed by atoms with Gasteiger partial charge in [-0.05, 0) is 39.0 Å². The Labute approximate surface area is 200 Å². The summed E-state index contributed by atoms with van der Waals surface area (Å²) in [6.45, 7) is 4.46. The molecule has 13 heteroatoms. The fourth-order valence-electron chi connectivity index (χ4n) is 3.74. The number of aromatic nitrogens is 3. The molecule has 0 radical (unpaired) electrons. The lowest BCUT2D eigenvalue weighted by atomic mass is 9.91. The highest BCUT2D eigenvalue weighted by molar-refractivity contribution is 7.94. The van der Waals surface area contributed by atoms with Gasteiger partial charge >= 0.3 is 6.09 Å². The Bertz CT molecular complexity index is 1430. The van der Waals surface area contributed by atoms with E-state index in [1.54, 1.807) is 6.07 Å². The second kappa shape index (κ2) is 8.41. The highest BCUT2D eigenvalue weighted by atomic mass is 32.2. The Morgan fingerprint density at radius 1 is 1.23 bits per heavy atom. The summed E-state index contributed by atoms with van der Waals surface area (Å²) in [4.78, 5) is 24.1. The number of ether oxygens (including phenoxy) is 1. The molecule has 0 saturated heterocycles. The number of benzene rings is 1. The predicted octanol–water partition coefficient (Wildman–Crippen LogP) is 3.67. The van der Waals surface area contributed by atoms with Crippen LogP contribution in [0, 0.1) is 10.6 Å². The molecule has 1 aromatic carbocycles. The van der Waals surface area contributed by atoms with Gasteiger partial charge in [0.15, 0.2) is 5.76 Å². The van der Waals surface area contributed by atoms with E-state index < -0.39 is 31.9 Å². The first kappa shape index (κ1) is 24.3. The molecule has 0 spiro atoms. The maximum Gasteiger partial charge on any atom is 0.410 e. The third-order valence-electron chi connectivity index (χ3n) is 5.90. The van der Waals surface area contributed by atoms with Gasteiger partial charge in [-0.25, -0.2) is 23.4 Å². The van der Waals surface area contributed by atoms with E-state index in [0.717, 1.165) is 0 Å². The van der Waals surface area contributed by atoms with Crippen molar-refractivity contribution in [3.8, 4) is 28.6 Å². The summed E-state index contributed by atoms with van der Waals surface area (Å²) in [5.74, 6) is -0.471. The maximum atomic E-state index is 15.1. The molecule has 0 saturated carbocycles. The molecule has 11 nitrogen and oxygen atoms in total. The van der Waals surface area contributed by atoms with E-state index in [2.05, 4.69) is 25.4 Å². The van der Waals surface area contributed by atoms with Gasteiger partial charge in [0.25, 0.3) is 0 Å². The van der Waals surface area contributed by atoms with E-state index in [1.807, 2.05) is 0 Å². The van der Waals surface area contributed by atoms with Gasteiger partial charge in [0, 0.05) is 17.2 Å². The molecule has 1 aliphatic rings. The molecule has 3 N–H and O–H groups in total. The smallest absolute Gasteiger partial charge is 0.410 e. The minimum absolute atomic E-state index is 0.0392. The van der Waals surface area contributed by atoms with Crippen molar-refractivity contribution in [1.82, 2.24) is 20.4 Å². The molecule has 4 rings (SSSR count). The molecule has 1 amide bonds. The summed E-state index contributed by atoms with van der Waals surface area (Å²) in [6.07, 6.45) is 1.49. The van der Waals surface area contributed by atoms with Gasteiger partial charge in [0.1, 0.15) is 33.3 Å². The summed E-state index contributed by atoms with van der Waals surface area (Å²) in [5.41, 5.74) is -0.153. The number of rotatable bonds is 4. The lowest BCUT2D eigenvalue weighted by Gasteiger charge is -2.40. The van der Waals surface area contributed by atoms with Gasteiger partial charge in [-0.15, -0.1) is 0 Å². The number of aliphatic imine (C=N–C) groups is 1. The van der Waals surface area contributed by atoms with Crippen LogP contribution in [-0.4, -0.2) is 54.0 Å². The summed E-state index contributed by atoms with van der Waals surface area (Å²) >= 11 is 0. The molecule has 0 unspecified atom stereocenters. The van der Waals surface area contributed by atoms with Crippen LogP contribution in [-0.2, 0) is 15.3 Å². The SMILES string of the molecule is COc1cnc(-c2cc(-c3ccc(F)c([C@]4(C)C[S@](=N)(=O)C(C)(C)C(NC(=O)O)=N4)c3)on2)cn1. The van der Waals surface area contributed by atoms with Crippen molar-refractivity contribution in [2.45, 2.75) is 31.1 Å². The standard InChI is InChI=1S/C22H23FN6O5S/c1-21(2)19(27-20(30)31)28-22(3,11-35(21,24)32)13-7-12(5-6-14(13)23)17-8-15(29-34-17)16-9-26-18(33-4)10-25-16/h5-10,24H,11H2,1-4H3,(H,27,28)(H,30,31)/t22-,35-/m0/s1. The highest BCUT2D eigenvalue weighted by Gasteiger charge is 2.48. The normalized spacial score (nSPS) is 23.4. The van der Waals surface area contributed by atoms with Crippen LogP contribution in [0.4, 0.5) is 9.18 Å². The second-order valence-corrected chi connectivity index (χ2v) is 11.4. The molecule has 0 bridgehead atoms. The average molecular weight is 503 g/mol. The molecule has 35 heavy (non-hydrogen) atoms. The Morgan fingerprint density at radius 3 is 2.60 bits per heavy atom. The molecule has 1 aliphatic heterocycles. The number of carbonyl (C=O) groups is 1. The van der Waals surface area contributed by atoms with Crippen LogP contribution in [0.1, 0.15) is 26.3 Å². The van der Waals surface area contributed by atoms with E-state index in [-0.39, 0.29) is 17.2 Å². The van der Waals surface area contributed by atoms with E-state index in [9.17, 15) is 14.1 Å². The van der Waals surface area contributed by atoms with E-state index in [4.69, 9.17) is 14.0 Å². The van der Waals surface area contributed by atoms with E-state index in [0.29, 0.717) is 28.6 Å². The zero-order valence-corrected chi connectivity index (χ0v) is 20.1. The van der Waals surface area contributed by atoms with Crippen LogP contribution < -0.4 is 10.1 Å². The quantitative estimate of drug-likeness (QED) is 0.486. The summed E-state index contributed by atoms with van der Waals surface area (Å²) < 4.78 is 45.9. The fraction of sp³-hybridized carbons (Fsp3) is 0.318. The van der Waals surface area contributed by atoms with Crippen LogP contribution in [0.5, 0.6) is 5.88 Å². The number of nitrogens with zero attached hydrogens (tertiary/aromatic N) is 4. The van der Waals surface area contributed by atoms with Gasteiger partial charge in [-0.1, -0.05) is 5.16 Å². The van der Waals surface area contributed by atoms with E-state index in [1.165, 1.54) is 58.5 Å². The number of carboxylic acid groups (broad SMARTS) is 1. The first-order valence-electron chi connectivity index (χ1n) is 10.4. The number of hydrogen-bond acceptors (Lipinski definition) is 9. The molecule has 2 aromatic heterocycles. The summed E-state index contributed by atoms with van der Waals surface area (Å²) in [6, 6.07) is 5.76. The van der Waals surface area contributed by atoms with Crippen molar-refractivity contribution in [3.05, 3.63) is 48.0 Å². The first-order chi connectivity index (χ1) is 16.4. The molecule has 184 valence electrons. The number of nitrogens with one attached hydrogen (secondary N) is 2. The zero-order valence-electron chi connectivity index (χ0n) is 19.3. The highest BCUT2D eigenvalue weighted by Crippen LogP contribution is 2.40. The molecule has 3 aromatic rings. The monoisotopic (exact) mass is 502 g/mol. The Hall–Kier alpha value is -3.87. The number of halogens is 1. The maximum absolute atomic E-state index is 15.1. The number of hydrogen-bond donors (Lipinski definition) is 3. The van der Waals surface area contributed by atoms with Crippen molar-refractivity contribution in [1.29, 1.82) is 4.78 Å². The van der Waals surface area contributed by atoms with Crippen LogP contribution in [0.15, 0.2) is 46.2 Å². The van der Waals surface area contributed by atoms with Gasteiger partial charge in [0.05, 0.1) is 35.0 Å². The number of amides is 1. The fourth-order valence-corrected chi connectivity index (χ4v) is 5.52. The van der Waals surface area contributed by atoms with Crippen molar-refractivity contribution >= 4 is 21.7 Å². The zero-order chi connectivity index (χ0) is 25.6. The van der Waals surface area contributed by atoms with Crippen molar-refractivity contribution in [3.63, 3.8) is 0 Å². The van der Waals surface area contributed by atoms with Crippen LogP contribution in [0.25, 0.3) is 22.7 Å². The minimum Gasteiger partial charge on any atom is -0.480 e. The molecule has 3 heterocycles. The van der Waals surface area contributed by atoms with Crippen LogP contribution >= 0.6 is 0 Å². The van der Waals surface area contributed by atoms with E-state index >= 15 is 4.39 Å². The minimum atomic E-state index is -3.43. The molecular formula is C22H23FN6O5S. The largest absolute Gasteiger partial charge is 0.480 e. The summed E-state index contributed by atoms with van der Waals surface area (Å²) in [5, 5.41) is 15.4. The third-order valence-corrected chi connectivity index (χ3v) is 8.71. The molecular weight excluding hydrogens is 479 g/mol. The Morgan fingerprint density at radius 2 is 1.97 bits per heavy atom. The number of methoxy groups -OCH3 is 1. The van der Waals surface area contributed by atoms with Gasteiger partial charge < -0.3 is 14.4 Å². The molecule has 0 fully saturated rings. The average Bonchev–Trinajstić information content (AvgIpc) is 3.27. The van der Waals surface area contributed by atoms with Crippen LogP contribution in [0.2, 0.25) is 0 Å². The van der Waals surface area contributed by atoms with Crippen molar-refractivity contribution in [2.75, 3.05) is 12.9 Å². The van der Waals surface area contributed by atoms with Crippen molar-refractivity contribution < 1.29 is 27.8 Å². The topological polar surface area (TPSA) is 164 Å². The van der Waals surface area contributed by atoms with Crippen LogP contribution in [0.3, 0.4) is 0 Å². The second-order valence-electron chi connectivity index (χ2n) is 8.71. The van der Waals surface area contributed by atoms with Crippen molar-refractivity contribution in [2.24, 2.45) is 4.99 Å². The Balaban J connectivity index is 1.77. The van der Waals surface area contributed by atoms with Gasteiger partial charge in [-0.3, -0.25) is 15.1 Å². The molecule has 2 atom stereocenters. The lowest BCUT2D eigenvalue weighted by Crippen LogP contribution is -2.57. The lowest BCUT2D eigenvalue weighted by molar-refractivity contribution is 0.199. The number of amidine groups is 1. The van der Waals surface area contributed by atoms with Gasteiger partial charge in [0.2, 0.25) is 5.88 Å². The third kappa shape index (κ3) is 4.34. The Kier molecular flexibility index (Phi) is 5.83. The molecule has 0 aliphatic carbocycles. The first-order valence-corrected chi connectivity index (χ1v) is 12.1. The summed E-state index contributed by atoms with van der Waals surface area (Å²) in [7, 11) is -1.95. The predicted molar refractivity (Wildman–Crippen MR) is 125 cm³/mol.